The lowest BCUT2D eigenvalue weighted by atomic mass is 10.0. The van der Waals surface area contributed by atoms with Crippen LogP contribution < -0.4 is 5.32 Å². The summed E-state index contributed by atoms with van der Waals surface area (Å²) in [4.78, 5) is 0. The van der Waals surface area contributed by atoms with Crippen molar-refractivity contribution in [3.63, 3.8) is 0 Å². The maximum atomic E-state index is 12.0. The first-order valence-electron chi connectivity index (χ1n) is 6.93. The highest BCUT2D eigenvalue weighted by molar-refractivity contribution is 4.92. The van der Waals surface area contributed by atoms with Crippen LogP contribution in [0.25, 0.3) is 0 Å². The topological polar surface area (TPSA) is 21.3 Å². The van der Waals surface area contributed by atoms with E-state index in [1.165, 1.54) is 12.8 Å². The molecule has 0 unspecified atom stereocenters. The van der Waals surface area contributed by atoms with Crippen molar-refractivity contribution in [1.82, 2.24) is 5.32 Å². The maximum absolute atomic E-state index is 12.0. The molecule has 0 amide bonds. The van der Waals surface area contributed by atoms with Crippen molar-refractivity contribution in [1.29, 1.82) is 0 Å². The van der Waals surface area contributed by atoms with Crippen LogP contribution in [0, 0.1) is 0 Å². The molecule has 2 saturated carbocycles. The quantitative estimate of drug-likeness (QED) is 0.712. The monoisotopic (exact) mass is 265 g/mol. The Morgan fingerprint density at radius 2 is 1.83 bits per heavy atom. The standard InChI is InChI=1S/C13H22F3NO/c14-13(15,16)8-3-9-18-12(6-1-2-7-12)10-17-11-4-5-11/h11,17H,1-10H2. The fourth-order valence-electron chi connectivity index (χ4n) is 2.57. The molecule has 5 heteroatoms. The van der Waals surface area contributed by atoms with Crippen molar-refractivity contribution in [2.24, 2.45) is 0 Å². The summed E-state index contributed by atoms with van der Waals surface area (Å²) < 4.78 is 41.9. The van der Waals surface area contributed by atoms with Gasteiger partial charge >= 0.3 is 6.18 Å². The van der Waals surface area contributed by atoms with Crippen LogP contribution in [0.1, 0.15) is 51.4 Å². The van der Waals surface area contributed by atoms with Gasteiger partial charge < -0.3 is 10.1 Å². The van der Waals surface area contributed by atoms with E-state index in [9.17, 15) is 13.2 Å². The van der Waals surface area contributed by atoms with E-state index in [1.54, 1.807) is 0 Å². The molecule has 0 bridgehead atoms. The predicted molar refractivity (Wildman–Crippen MR) is 63.5 cm³/mol. The molecule has 0 atom stereocenters. The summed E-state index contributed by atoms with van der Waals surface area (Å²) in [6, 6.07) is 0.626. The van der Waals surface area contributed by atoms with Gasteiger partial charge in [-0.15, -0.1) is 0 Å². The van der Waals surface area contributed by atoms with Crippen LogP contribution in [0.4, 0.5) is 13.2 Å². The molecule has 0 aromatic rings. The fraction of sp³-hybridized carbons (Fsp3) is 1.00. The number of alkyl halides is 3. The molecule has 2 rings (SSSR count). The molecular formula is C13H22F3NO. The third kappa shape index (κ3) is 4.76. The molecule has 1 N–H and O–H groups in total. The second-order valence-electron chi connectivity index (χ2n) is 5.61. The molecule has 0 heterocycles. The predicted octanol–water partition coefficient (Wildman–Crippen LogP) is 3.41. The highest BCUT2D eigenvalue weighted by atomic mass is 19.4. The third-order valence-corrected chi connectivity index (χ3v) is 3.82. The van der Waals surface area contributed by atoms with Gasteiger partial charge in [0.1, 0.15) is 0 Å². The normalized spacial score (nSPS) is 23.5. The first kappa shape index (κ1) is 14.1. The zero-order valence-corrected chi connectivity index (χ0v) is 10.7. The zero-order valence-electron chi connectivity index (χ0n) is 10.7. The van der Waals surface area contributed by atoms with Crippen molar-refractivity contribution in [2.45, 2.75) is 69.2 Å². The molecule has 2 aliphatic carbocycles. The lowest BCUT2D eigenvalue weighted by Gasteiger charge is -2.30. The molecule has 2 fully saturated rings. The van der Waals surface area contributed by atoms with Crippen LogP contribution in [-0.2, 0) is 4.74 Å². The van der Waals surface area contributed by atoms with Crippen LogP contribution in [0.3, 0.4) is 0 Å². The molecule has 0 aromatic heterocycles. The first-order chi connectivity index (χ1) is 8.49. The molecule has 0 aliphatic heterocycles. The summed E-state index contributed by atoms with van der Waals surface area (Å²) in [6.07, 6.45) is 1.97. The highest BCUT2D eigenvalue weighted by Crippen LogP contribution is 2.34. The van der Waals surface area contributed by atoms with E-state index in [4.69, 9.17) is 4.74 Å². The van der Waals surface area contributed by atoms with Gasteiger partial charge in [-0.3, -0.25) is 0 Å². The van der Waals surface area contributed by atoms with Crippen LogP contribution in [0.15, 0.2) is 0 Å². The number of rotatable bonds is 7. The number of nitrogens with one attached hydrogen (secondary N) is 1. The molecule has 18 heavy (non-hydrogen) atoms. The van der Waals surface area contributed by atoms with Crippen LogP contribution >= 0.6 is 0 Å². The molecule has 2 nitrogen and oxygen atoms in total. The van der Waals surface area contributed by atoms with Gasteiger partial charge in [-0.1, -0.05) is 12.8 Å². The smallest absolute Gasteiger partial charge is 0.374 e. The Morgan fingerprint density at radius 3 is 2.39 bits per heavy atom. The molecular weight excluding hydrogens is 243 g/mol. The first-order valence-corrected chi connectivity index (χ1v) is 6.93. The molecule has 0 aromatic carbocycles. The molecule has 0 spiro atoms. The largest absolute Gasteiger partial charge is 0.389 e. The Hall–Kier alpha value is -0.290. The Bertz CT molecular complexity index is 257. The van der Waals surface area contributed by atoms with Gasteiger partial charge in [0.15, 0.2) is 0 Å². The van der Waals surface area contributed by atoms with Gasteiger partial charge in [-0.25, -0.2) is 0 Å². The third-order valence-electron chi connectivity index (χ3n) is 3.82. The minimum Gasteiger partial charge on any atom is -0.374 e. The second-order valence-corrected chi connectivity index (χ2v) is 5.61. The SMILES string of the molecule is FC(F)(F)CCCOC1(CNC2CC2)CCCC1. The van der Waals surface area contributed by atoms with Gasteiger partial charge in [0.05, 0.1) is 5.60 Å². The molecule has 0 radical (unpaired) electrons. The van der Waals surface area contributed by atoms with Gasteiger partial charge in [0.2, 0.25) is 0 Å². The van der Waals surface area contributed by atoms with Crippen molar-refractivity contribution < 1.29 is 17.9 Å². The zero-order chi connectivity index (χ0) is 13.1. The minimum atomic E-state index is -4.06. The highest BCUT2D eigenvalue weighted by Gasteiger charge is 2.36. The number of hydrogen-bond donors (Lipinski definition) is 1. The second kappa shape index (κ2) is 5.78. The summed E-state index contributed by atoms with van der Waals surface area (Å²) in [5.74, 6) is 0. The molecule has 0 saturated heterocycles. The van der Waals surface area contributed by atoms with E-state index in [2.05, 4.69) is 5.32 Å². The van der Waals surface area contributed by atoms with E-state index in [1.807, 2.05) is 0 Å². The van der Waals surface area contributed by atoms with Crippen LogP contribution in [-0.4, -0.2) is 31.0 Å². The Labute approximate surface area is 106 Å². The average molecular weight is 265 g/mol. The Morgan fingerprint density at radius 1 is 1.17 bits per heavy atom. The Kier molecular flexibility index (Phi) is 4.54. The van der Waals surface area contributed by atoms with E-state index in [0.717, 1.165) is 32.2 Å². The minimum absolute atomic E-state index is 0.0781. The summed E-state index contributed by atoms with van der Waals surface area (Å²) >= 11 is 0. The van der Waals surface area contributed by atoms with Gasteiger partial charge in [-0.2, -0.15) is 13.2 Å². The van der Waals surface area contributed by atoms with Gasteiger partial charge in [0, 0.05) is 25.6 Å². The van der Waals surface area contributed by atoms with Gasteiger partial charge in [0.25, 0.3) is 0 Å². The van der Waals surface area contributed by atoms with E-state index in [0.29, 0.717) is 6.04 Å². The average Bonchev–Trinajstić information content (AvgIpc) is 3.01. The van der Waals surface area contributed by atoms with Crippen molar-refractivity contribution in [2.75, 3.05) is 13.2 Å². The Balaban J connectivity index is 1.68. The van der Waals surface area contributed by atoms with Gasteiger partial charge in [-0.05, 0) is 32.1 Å². The van der Waals surface area contributed by atoms with Crippen molar-refractivity contribution in [3.05, 3.63) is 0 Å². The van der Waals surface area contributed by atoms with Crippen LogP contribution in [0.5, 0.6) is 0 Å². The number of hydrogen-bond acceptors (Lipinski definition) is 2. The summed E-state index contributed by atoms with van der Waals surface area (Å²) in [7, 11) is 0. The summed E-state index contributed by atoms with van der Waals surface area (Å²) in [5.41, 5.74) is -0.186. The number of ether oxygens (including phenoxy) is 1. The summed E-state index contributed by atoms with van der Waals surface area (Å²) in [6.45, 7) is 1.04. The summed E-state index contributed by atoms with van der Waals surface area (Å²) in [5, 5.41) is 3.45. The lowest BCUT2D eigenvalue weighted by Crippen LogP contribution is -2.42. The lowest BCUT2D eigenvalue weighted by molar-refractivity contribution is -0.141. The van der Waals surface area contributed by atoms with Crippen molar-refractivity contribution >= 4 is 0 Å². The fourth-order valence-corrected chi connectivity index (χ4v) is 2.57. The molecule has 2 aliphatic rings. The number of halogens is 3. The molecule has 106 valence electrons. The van der Waals surface area contributed by atoms with E-state index < -0.39 is 12.6 Å². The van der Waals surface area contributed by atoms with E-state index in [-0.39, 0.29) is 18.6 Å². The maximum Gasteiger partial charge on any atom is 0.389 e. The van der Waals surface area contributed by atoms with Crippen molar-refractivity contribution in [3.8, 4) is 0 Å². The van der Waals surface area contributed by atoms with E-state index >= 15 is 0 Å². The van der Waals surface area contributed by atoms with Crippen LogP contribution in [0.2, 0.25) is 0 Å².